The molecule has 0 bridgehead atoms. The second-order valence-corrected chi connectivity index (χ2v) is 4.87. The highest BCUT2D eigenvalue weighted by Crippen LogP contribution is 2.18. The van der Waals surface area contributed by atoms with Crippen molar-refractivity contribution < 1.29 is 4.79 Å². The van der Waals surface area contributed by atoms with Crippen LogP contribution in [0.1, 0.15) is 12.1 Å². The molecule has 0 aliphatic carbocycles. The van der Waals surface area contributed by atoms with Crippen molar-refractivity contribution in [2.24, 2.45) is 0 Å². The Balaban J connectivity index is 1.63. The zero-order valence-electron chi connectivity index (χ0n) is 10.4. The van der Waals surface area contributed by atoms with Gasteiger partial charge in [0.25, 0.3) is 0 Å². The molecule has 2 aliphatic heterocycles. The number of carbonyl (C=O) groups is 1. The highest BCUT2D eigenvalue weighted by Gasteiger charge is 2.34. The van der Waals surface area contributed by atoms with Gasteiger partial charge in [0.15, 0.2) is 0 Å². The fraction of sp³-hybridized carbons (Fsp3) is 0.538. The lowest BCUT2D eigenvalue weighted by Crippen LogP contribution is -2.40. The smallest absolute Gasteiger partial charge is 0.319 e. The molecule has 3 rings (SSSR count). The molecule has 2 aliphatic rings. The molecule has 1 atom stereocenters. The summed E-state index contributed by atoms with van der Waals surface area (Å²) in [6.45, 7) is 4.23. The van der Waals surface area contributed by atoms with Crippen molar-refractivity contribution in [3.8, 4) is 0 Å². The number of nitrogens with one attached hydrogen (secondary N) is 1. The Morgan fingerprint density at radius 2 is 2.33 bits per heavy atom. The fourth-order valence-corrected chi connectivity index (χ4v) is 2.68. The van der Waals surface area contributed by atoms with E-state index >= 15 is 0 Å². The predicted octanol–water partition coefficient (Wildman–Crippen LogP) is 0.681. The molecule has 1 unspecified atom stereocenters. The van der Waals surface area contributed by atoms with Gasteiger partial charge >= 0.3 is 6.03 Å². The molecule has 1 aromatic heterocycles. The number of hydrogen-bond acceptors (Lipinski definition) is 3. The van der Waals surface area contributed by atoms with Gasteiger partial charge in [0, 0.05) is 31.9 Å². The summed E-state index contributed by atoms with van der Waals surface area (Å²) in [7, 11) is 0. The molecule has 18 heavy (non-hydrogen) atoms. The van der Waals surface area contributed by atoms with Crippen LogP contribution in [0.25, 0.3) is 0 Å². The third kappa shape index (κ3) is 2.18. The van der Waals surface area contributed by atoms with Gasteiger partial charge in [-0.3, -0.25) is 4.98 Å². The molecule has 2 saturated heterocycles. The summed E-state index contributed by atoms with van der Waals surface area (Å²) < 4.78 is 0. The first-order chi connectivity index (χ1) is 8.84. The van der Waals surface area contributed by atoms with E-state index in [0.717, 1.165) is 38.3 Å². The van der Waals surface area contributed by atoms with Crippen LogP contribution in [0.15, 0.2) is 24.4 Å². The molecule has 0 spiro atoms. The molecule has 2 amide bonds. The molecule has 0 saturated carbocycles. The Hall–Kier alpha value is -1.62. The second-order valence-electron chi connectivity index (χ2n) is 4.87. The van der Waals surface area contributed by atoms with E-state index in [2.05, 4.69) is 10.3 Å². The fourth-order valence-electron chi connectivity index (χ4n) is 2.68. The summed E-state index contributed by atoms with van der Waals surface area (Å²) in [6.07, 6.45) is 2.84. The van der Waals surface area contributed by atoms with E-state index in [9.17, 15) is 4.79 Å². The third-order valence-electron chi connectivity index (χ3n) is 3.68. The Kier molecular flexibility index (Phi) is 3.15. The summed E-state index contributed by atoms with van der Waals surface area (Å²) >= 11 is 0. The van der Waals surface area contributed by atoms with Crippen LogP contribution < -0.4 is 5.32 Å². The molecule has 2 fully saturated rings. The van der Waals surface area contributed by atoms with Gasteiger partial charge in [-0.25, -0.2) is 4.79 Å². The van der Waals surface area contributed by atoms with E-state index in [1.807, 2.05) is 28.0 Å². The summed E-state index contributed by atoms with van der Waals surface area (Å²) in [5.74, 6) is 0. The Labute approximate surface area is 107 Å². The van der Waals surface area contributed by atoms with Gasteiger partial charge in [-0.1, -0.05) is 6.07 Å². The normalized spacial score (nSPS) is 24.0. The van der Waals surface area contributed by atoms with E-state index < -0.39 is 0 Å². The standard InChI is InChI=1S/C13H18N4O/c18-13-16(10-11-3-1-2-5-15-11)7-8-17(13)12-4-6-14-9-12/h1-3,5,12,14H,4,6-10H2. The first-order valence-corrected chi connectivity index (χ1v) is 6.51. The van der Waals surface area contributed by atoms with Gasteiger partial charge in [-0.05, 0) is 25.1 Å². The van der Waals surface area contributed by atoms with Crippen LogP contribution in [0.5, 0.6) is 0 Å². The molecular weight excluding hydrogens is 228 g/mol. The van der Waals surface area contributed by atoms with Crippen LogP contribution in [-0.2, 0) is 6.54 Å². The van der Waals surface area contributed by atoms with Gasteiger partial charge in [0.1, 0.15) is 0 Å². The quantitative estimate of drug-likeness (QED) is 0.853. The van der Waals surface area contributed by atoms with Crippen LogP contribution in [0.3, 0.4) is 0 Å². The van der Waals surface area contributed by atoms with Crippen molar-refractivity contribution >= 4 is 6.03 Å². The molecule has 5 heteroatoms. The zero-order chi connectivity index (χ0) is 12.4. The molecular formula is C13H18N4O. The third-order valence-corrected chi connectivity index (χ3v) is 3.68. The van der Waals surface area contributed by atoms with Crippen LogP contribution in [0.2, 0.25) is 0 Å². The van der Waals surface area contributed by atoms with Gasteiger partial charge in [0.2, 0.25) is 0 Å². The second kappa shape index (κ2) is 4.94. The highest BCUT2D eigenvalue weighted by atomic mass is 16.2. The maximum atomic E-state index is 12.3. The van der Waals surface area contributed by atoms with Crippen LogP contribution >= 0.6 is 0 Å². The van der Waals surface area contributed by atoms with Crippen molar-refractivity contribution in [1.29, 1.82) is 0 Å². The van der Waals surface area contributed by atoms with Gasteiger partial charge in [0.05, 0.1) is 12.2 Å². The number of nitrogens with zero attached hydrogens (tertiary/aromatic N) is 3. The molecule has 5 nitrogen and oxygen atoms in total. The van der Waals surface area contributed by atoms with E-state index in [1.165, 1.54) is 0 Å². The number of pyridine rings is 1. The van der Waals surface area contributed by atoms with Crippen molar-refractivity contribution in [2.45, 2.75) is 19.0 Å². The molecule has 0 radical (unpaired) electrons. The first-order valence-electron chi connectivity index (χ1n) is 6.51. The minimum atomic E-state index is 0.161. The minimum Gasteiger partial charge on any atom is -0.319 e. The first kappa shape index (κ1) is 11.5. The molecule has 96 valence electrons. The van der Waals surface area contributed by atoms with Crippen molar-refractivity contribution in [3.05, 3.63) is 30.1 Å². The lowest BCUT2D eigenvalue weighted by molar-refractivity contribution is 0.178. The monoisotopic (exact) mass is 246 g/mol. The van der Waals surface area contributed by atoms with E-state index in [1.54, 1.807) is 6.20 Å². The molecule has 1 N–H and O–H groups in total. The van der Waals surface area contributed by atoms with E-state index in [4.69, 9.17) is 0 Å². The minimum absolute atomic E-state index is 0.161. The summed E-state index contributed by atoms with van der Waals surface area (Å²) in [5.41, 5.74) is 0.956. The van der Waals surface area contributed by atoms with E-state index in [0.29, 0.717) is 12.6 Å². The summed E-state index contributed by atoms with van der Waals surface area (Å²) in [5, 5.41) is 3.31. The largest absolute Gasteiger partial charge is 0.320 e. The lowest BCUT2D eigenvalue weighted by atomic mass is 10.2. The van der Waals surface area contributed by atoms with Gasteiger partial charge in [-0.2, -0.15) is 0 Å². The number of carbonyl (C=O) groups excluding carboxylic acids is 1. The molecule has 0 aromatic carbocycles. The average Bonchev–Trinajstić information content (AvgIpc) is 3.02. The number of aromatic nitrogens is 1. The van der Waals surface area contributed by atoms with Crippen LogP contribution in [-0.4, -0.2) is 53.0 Å². The number of amides is 2. The van der Waals surface area contributed by atoms with Crippen LogP contribution in [0, 0.1) is 0 Å². The number of urea groups is 1. The summed E-state index contributed by atoms with van der Waals surface area (Å²) in [4.78, 5) is 20.5. The maximum Gasteiger partial charge on any atom is 0.320 e. The van der Waals surface area contributed by atoms with Crippen LogP contribution in [0.4, 0.5) is 4.79 Å². The lowest BCUT2D eigenvalue weighted by Gasteiger charge is -2.23. The van der Waals surface area contributed by atoms with Gasteiger partial charge in [-0.15, -0.1) is 0 Å². The number of hydrogen-bond donors (Lipinski definition) is 1. The van der Waals surface area contributed by atoms with Crippen molar-refractivity contribution in [3.63, 3.8) is 0 Å². The predicted molar refractivity (Wildman–Crippen MR) is 68.0 cm³/mol. The SMILES string of the molecule is O=C1N(Cc2ccccn2)CCN1C1CCNC1. The van der Waals surface area contributed by atoms with Gasteiger partial charge < -0.3 is 15.1 Å². The number of rotatable bonds is 3. The topological polar surface area (TPSA) is 48.5 Å². The van der Waals surface area contributed by atoms with Crippen molar-refractivity contribution in [2.75, 3.05) is 26.2 Å². The van der Waals surface area contributed by atoms with E-state index in [-0.39, 0.29) is 6.03 Å². The Morgan fingerprint density at radius 1 is 1.39 bits per heavy atom. The molecule has 1 aromatic rings. The molecule has 3 heterocycles. The average molecular weight is 246 g/mol. The summed E-state index contributed by atoms with van der Waals surface area (Å²) in [6, 6.07) is 6.36. The van der Waals surface area contributed by atoms with Crippen molar-refractivity contribution in [1.82, 2.24) is 20.1 Å². The Morgan fingerprint density at radius 3 is 3.06 bits per heavy atom. The zero-order valence-corrected chi connectivity index (χ0v) is 10.4. The highest BCUT2D eigenvalue weighted by molar-refractivity contribution is 5.77. The Bertz CT molecular complexity index is 416. The maximum absolute atomic E-state index is 12.3.